The van der Waals surface area contributed by atoms with Crippen molar-refractivity contribution in [3.63, 3.8) is 0 Å². The van der Waals surface area contributed by atoms with Crippen molar-refractivity contribution in [2.45, 2.75) is 20.8 Å². The molecule has 0 aliphatic heterocycles. The first-order valence-corrected chi connectivity index (χ1v) is 8.09. The summed E-state index contributed by atoms with van der Waals surface area (Å²) >= 11 is 0. The third-order valence-electron chi connectivity index (χ3n) is 3.59. The van der Waals surface area contributed by atoms with Crippen molar-refractivity contribution < 1.29 is 4.74 Å². The normalized spacial score (nSPS) is 10.7. The molecule has 0 fully saturated rings. The molecule has 0 unspecified atom stereocenters. The van der Waals surface area contributed by atoms with E-state index in [2.05, 4.69) is 40.1 Å². The smallest absolute Gasteiger partial charge is 0.181 e. The number of H-pyrrole nitrogens is 1. The summed E-state index contributed by atoms with van der Waals surface area (Å²) in [6.07, 6.45) is 1.72. The average molecular weight is 333 g/mol. The molecule has 3 aromatic rings. The number of rotatable bonds is 5. The van der Waals surface area contributed by atoms with E-state index in [0.717, 1.165) is 11.3 Å². The maximum Gasteiger partial charge on any atom is 0.181 e. The van der Waals surface area contributed by atoms with Gasteiger partial charge in [-0.2, -0.15) is 10.4 Å². The Morgan fingerprint density at radius 1 is 1.24 bits per heavy atom. The molecule has 0 aliphatic rings. The summed E-state index contributed by atoms with van der Waals surface area (Å²) in [7, 11) is 0. The highest BCUT2D eigenvalue weighted by atomic mass is 16.5. The number of pyridine rings is 1. The van der Waals surface area contributed by atoms with Crippen molar-refractivity contribution in [2.75, 3.05) is 6.61 Å². The molecule has 0 saturated heterocycles. The van der Waals surface area contributed by atoms with Crippen LogP contribution in [0.1, 0.15) is 25.1 Å². The van der Waals surface area contributed by atoms with E-state index >= 15 is 0 Å². The van der Waals surface area contributed by atoms with E-state index in [1.807, 2.05) is 31.2 Å². The average Bonchev–Trinajstić information content (AvgIpc) is 3.09. The predicted octanol–water partition coefficient (Wildman–Crippen LogP) is 3.75. The third kappa shape index (κ3) is 3.83. The summed E-state index contributed by atoms with van der Waals surface area (Å²) in [5.41, 5.74) is 2.97. The summed E-state index contributed by atoms with van der Waals surface area (Å²) in [5, 5.41) is 16.6. The lowest BCUT2D eigenvalue weighted by Crippen LogP contribution is -2.04. The highest BCUT2D eigenvalue weighted by Crippen LogP contribution is 2.26. The molecule has 0 spiro atoms. The third-order valence-corrected chi connectivity index (χ3v) is 3.59. The largest absolute Gasteiger partial charge is 0.493 e. The van der Waals surface area contributed by atoms with Gasteiger partial charge in [0.15, 0.2) is 11.6 Å². The Kier molecular flexibility index (Phi) is 4.75. The van der Waals surface area contributed by atoms with Crippen LogP contribution in [0.2, 0.25) is 0 Å². The predicted molar refractivity (Wildman–Crippen MR) is 94.8 cm³/mol. The molecule has 126 valence electrons. The van der Waals surface area contributed by atoms with Crippen LogP contribution in [-0.4, -0.2) is 26.8 Å². The van der Waals surface area contributed by atoms with Gasteiger partial charge in [0.25, 0.3) is 0 Å². The zero-order chi connectivity index (χ0) is 17.8. The molecule has 0 amide bonds. The standard InChI is InChI=1S/C19H19N5O/c1-12(2)11-25-16-4-5-17(15(9-16)10-20)19-22-18(23-24-19)14-6-7-21-13(3)8-14/h4-9,12H,11H2,1-3H3,(H,22,23,24). The van der Waals surface area contributed by atoms with Gasteiger partial charge in [-0.25, -0.2) is 4.98 Å². The lowest BCUT2D eigenvalue weighted by atomic mass is 10.1. The van der Waals surface area contributed by atoms with Crippen molar-refractivity contribution in [3.8, 4) is 34.6 Å². The molecular formula is C19H19N5O. The summed E-state index contributed by atoms with van der Waals surface area (Å²) < 4.78 is 5.68. The van der Waals surface area contributed by atoms with Crippen LogP contribution in [0.4, 0.5) is 0 Å². The first-order chi connectivity index (χ1) is 12.1. The van der Waals surface area contributed by atoms with Crippen molar-refractivity contribution >= 4 is 0 Å². The van der Waals surface area contributed by atoms with E-state index in [9.17, 15) is 5.26 Å². The number of nitriles is 1. The molecule has 6 nitrogen and oxygen atoms in total. The van der Waals surface area contributed by atoms with E-state index in [-0.39, 0.29) is 0 Å². The molecule has 3 rings (SSSR count). The topological polar surface area (TPSA) is 87.5 Å². The van der Waals surface area contributed by atoms with Gasteiger partial charge in [-0.3, -0.25) is 10.1 Å². The van der Waals surface area contributed by atoms with Gasteiger partial charge >= 0.3 is 0 Å². The van der Waals surface area contributed by atoms with Gasteiger partial charge in [0.1, 0.15) is 11.8 Å². The fourth-order valence-electron chi connectivity index (χ4n) is 2.37. The lowest BCUT2D eigenvalue weighted by Gasteiger charge is -2.09. The van der Waals surface area contributed by atoms with Gasteiger partial charge in [-0.15, -0.1) is 0 Å². The van der Waals surface area contributed by atoms with Crippen molar-refractivity contribution in [2.24, 2.45) is 5.92 Å². The van der Waals surface area contributed by atoms with E-state index in [1.165, 1.54) is 0 Å². The monoisotopic (exact) mass is 333 g/mol. The number of nitrogens with zero attached hydrogens (tertiary/aromatic N) is 4. The van der Waals surface area contributed by atoms with Crippen molar-refractivity contribution in [1.82, 2.24) is 20.2 Å². The van der Waals surface area contributed by atoms with Gasteiger partial charge in [-0.1, -0.05) is 13.8 Å². The minimum atomic E-state index is 0.422. The van der Waals surface area contributed by atoms with Gasteiger partial charge in [-0.05, 0) is 43.2 Å². The number of benzene rings is 1. The van der Waals surface area contributed by atoms with Crippen molar-refractivity contribution in [3.05, 3.63) is 47.8 Å². The van der Waals surface area contributed by atoms with Crippen molar-refractivity contribution in [1.29, 1.82) is 5.26 Å². The number of aromatic amines is 1. The molecule has 25 heavy (non-hydrogen) atoms. The van der Waals surface area contributed by atoms with Gasteiger partial charge in [0.2, 0.25) is 0 Å². The van der Waals surface area contributed by atoms with Crippen LogP contribution in [0.3, 0.4) is 0 Å². The van der Waals surface area contributed by atoms with Crippen LogP contribution in [-0.2, 0) is 0 Å². The molecular weight excluding hydrogens is 314 g/mol. The van der Waals surface area contributed by atoms with E-state index in [0.29, 0.717) is 41.1 Å². The number of hydrogen-bond acceptors (Lipinski definition) is 5. The molecule has 0 aliphatic carbocycles. The van der Waals surface area contributed by atoms with E-state index < -0.39 is 0 Å². The zero-order valence-electron chi connectivity index (χ0n) is 14.4. The SMILES string of the molecule is Cc1cc(-c2n[nH]c(-c3ccc(OCC(C)C)cc3C#N)n2)ccn1. The Morgan fingerprint density at radius 3 is 2.80 bits per heavy atom. The Balaban J connectivity index is 1.91. The van der Waals surface area contributed by atoms with Crippen LogP contribution >= 0.6 is 0 Å². The minimum Gasteiger partial charge on any atom is -0.493 e. The van der Waals surface area contributed by atoms with Crippen LogP contribution in [0.15, 0.2) is 36.5 Å². The fraction of sp³-hybridized carbons (Fsp3) is 0.263. The number of aromatic nitrogens is 4. The second-order valence-corrected chi connectivity index (χ2v) is 6.22. The lowest BCUT2D eigenvalue weighted by molar-refractivity contribution is 0.271. The number of ether oxygens (including phenoxy) is 1. The Hall–Kier alpha value is -3.20. The Labute approximate surface area is 146 Å². The van der Waals surface area contributed by atoms with Gasteiger partial charge in [0.05, 0.1) is 12.2 Å². The minimum absolute atomic E-state index is 0.422. The molecule has 2 aromatic heterocycles. The summed E-state index contributed by atoms with van der Waals surface area (Å²) in [6.45, 7) is 6.69. The van der Waals surface area contributed by atoms with Gasteiger partial charge < -0.3 is 4.74 Å². The molecule has 2 heterocycles. The van der Waals surface area contributed by atoms with E-state index in [4.69, 9.17) is 4.74 Å². The van der Waals surface area contributed by atoms with Crippen LogP contribution in [0, 0.1) is 24.2 Å². The zero-order valence-corrected chi connectivity index (χ0v) is 14.4. The second kappa shape index (κ2) is 7.14. The Morgan fingerprint density at radius 2 is 2.08 bits per heavy atom. The number of nitrogens with one attached hydrogen (secondary N) is 1. The van der Waals surface area contributed by atoms with Crippen LogP contribution in [0.25, 0.3) is 22.8 Å². The fourth-order valence-corrected chi connectivity index (χ4v) is 2.37. The second-order valence-electron chi connectivity index (χ2n) is 6.22. The maximum absolute atomic E-state index is 9.47. The molecule has 6 heteroatoms. The molecule has 0 atom stereocenters. The summed E-state index contributed by atoms with van der Waals surface area (Å²) in [6, 6.07) is 11.4. The maximum atomic E-state index is 9.47. The summed E-state index contributed by atoms with van der Waals surface area (Å²) in [4.78, 5) is 8.69. The number of aryl methyl sites for hydroxylation is 1. The first-order valence-electron chi connectivity index (χ1n) is 8.09. The van der Waals surface area contributed by atoms with Gasteiger partial charge in [0, 0.05) is 23.0 Å². The molecule has 0 saturated carbocycles. The summed E-state index contributed by atoms with van der Waals surface area (Å²) in [5.74, 6) is 2.23. The highest BCUT2D eigenvalue weighted by Gasteiger charge is 2.13. The Bertz CT molecular complexity index is 924. The molecule has 1 aromatic carbocycles. The van der Waals surface area contributed by atoms with Crippen LogP contribution in [0.5, 0.6) is 5.75 Å². The van der Waals surface area contributed by atoms with E-state index in [1.54, 1.807) is 12.3 Å². The number of hydrogen-bond donors (Lipinski definition) is 1. The molecule has 0 radical (unpaired) electrons. The first kappa shape index (κ1) is 16.7. The molecule has 1 N–H and O–H groups in total. The highest BCUT2D eigenvalue weighted by molar-refractivity contribution is 5.68. The quantitative estimate of drug-likeness (QED) is 0.768. The molecule has 0 bridgehead atoms. The van der Waals surface area contributed by atoms with Crippen LogP contribution < -0.4 is 4.74 Å².